The maximum Gasteiger partial charge on any atom is 0.392 e. The van der Waals surface area contributed by atoms with Crippen LogP contribution in [-0.4, -0.2) is 46.3 Å². The molecule has 2 saturated carbocycles. The fraction of sp³-hybridized carbons (Fsp3) is 0.812. The Bertz CT molecular complexity index is 661. The molecule has 9 heteroatoms. The first-order valence-electron chi connectivity index (χ1n) is 8.73. The molecule has 1 saturated heterocycles. The van der Waals surface area contributed by atoms with Gasteiger partial charge in [0.05, 0.1) is 5.92 Å². The van der Waals surface area contributed by atoms with E-state index in [1.54, 1.807) is 6.92 Å². The molecule has 0 bridgehead atoms. The summed E-state index contributed by atoms with van der Waals surface area (Å²) in [5.41, 5.74) is 0.494. The van der Waals surface area contributed by atoms with Crippen molar-refractivity contribution in [2.75, 3.05) is 18.4 Å². The highest BCUT2D eigenvalue weighted by Crippen LogP contribution is 2.56. The van der Waals surface area contributed by atoms with Gasteiger partial charge in [-0.2, -0.15) is 13.2 Å². The van der Waals surface area contributed by atoms with E-state index in [0.29, 0.717) is 5.41 Å². The normalized spacial score (nSPS) is 28.7. The van der Waals surface area contributed by atoms with Crippen LogP contribution in [0.1, 0.15) is 50.8 Å². The zero-order valence-corrected chi connectivity index (χ0v) is 14.0. The average Bonchev–Trinajstić information content (AvgIpc) is 3.47. The minimum Gasteiger partial charge on any atom is -0.408 e. The van der Waals surface area contributed by atoms with E-state index in [0.717, 1.165) is 25.9 Å². The van der Waals surface area contributed by atoms with Crippen LogP contribution >= 0.6 is 0 Å². The van der Waals surface area contributed by atoms with Gasteiger partial charge in [-0.25, -0.2) is 0 Å². The fourth-order valence-corrected chi connectivity index (χ4v) is 3.67. The zero-order chi connectivity index (χ0) is 17.8. The third kappa shape index (κ3) is 3.32. The lowest BCUT2D eigenvalue weighted by Crippen LogP contribution is -2.45. The summed E-state index contributed by atoms with van der Waals surface area (Å²) < 4.78 is 43.1. The lowest BCUT2D eigenvalue weighted by atomic mass is 9.93. The molecule has 0 radical (unpaired) electrons. The van der Waals surface area contributed by atoms with Crippen molar-refractivity contribution >= 4 is 11.9 Å². The lowest BCUT2D eigenvalue weighted by Gasteiger charge is -2.33. The van der Waals surface area contributed by atoms with Crippen LogP contribution < -0.4 is 5.32 Å². The molecule has 2 aliphatic carbocycles. The zero-order valence-electron chi connectivity index (χ0n) is 14.0. The van der Waals surface area contributed by atoms with E-state index >= 15 is 0 Å². The van der Waals surface area contributed by atoms with E-state index in [1.165, 1.54) is 12.8 Å². The molecule has 1 N–H and O–H groups in total. The molecule has 1 amide bonds. The van der Waals surface area contributed by atoms with Crippen molar-refractivity contribution in [3.05, 3.63) is 5.89 Å². The van der Waals surface area contributed by atoms with Crippen molar-refractivity contribution in [2.24, 2.45) is 11.3 Å². The third-order valence-electron chi connectivity index (χ3n) is 5.77. The van der Waals surface area contributed by atoms with Crippen molar-refractivity contribution in [1.82, 2.24) is 15.1 Å². The number of carbonyl (C=O) groups excluding carboxylic acids is 1. The molecular formula is C16H21F3N4O2. The van der Waals surface area contributed by atoms with Crippen molar-refractivity contribution in [3.8, 4) is 0 Å². The Kier molecular flexibility index (Phi) is 3.73. The molecule has 138 valence electrons. The van der Waals surface area contributed by atoms with Crippen LogP contribution in [0.4, 0.5) is 19.2 Å². The highest BCUT2D eigenvalue weighted by molar-refractivity contribution is 5.83. The van der Waals surface area contributed by atoms with Gasteiger partial charge in [0.1, 0.15) is 6.04 Å². The smallest absolute Gasteiger partial charge is 0.392 e. The maximum atomic E-state index is 12.6. The van der Waals surface area contributed by atoms with Crippen LogP contribution in [0.5, 0.6) is 0 Å². The van der Waals surface area contributed by atoms with E-state index in [2.05, 4.69) is 15.5 Å². The van der Waals surface area contributed by atoms with E-state index in [1.807, 2.05) is 4.90 Å². The number of nitrogens with zero attached hydrogens (tertiary/aromatic N) is 3. The standard InChI is InChI=1S/C16H21F3N4O2/c1-9(13(24)23-6-4-15(2-3-15)5-7-23)20-14-22-21-12(25-14)10-8-11(10)16(17,18)19/h9-11H,2-8H2,1H3,(H,20,22)/t9-,10-,11+/m0/s1. The Labute approximate surface area is 143 Å². The largest absolute Gasteiger partial charge is 0.408 e. The summed E-state index contributed by atoms with van der Waals surface area (Å²) in [6, 6.07) is -0.557. The van der Waals surface area contributed by atoms with Gasteiger partial charge in [-0.3, -0.25) is 4.79 Å². The molecule has 2 heterocycles. The van der Waals surface area contributed by atoms with Gasteiger partial charge in [0.15, 0.2) is 0 Å². The first-order valence-corrected chi connectivity index (χ1v) is 8.73. The number of likely N-dealkylation sites (tertiary alicyclic amines) is 1. The number of carbonyl (C=O) groups is 1. The Morgan fingerprint density at radius 2 is 1.96 bits per heavy atom. The van der Waals surface area contributed by atoms with Gasteiger partial charge in [0, 0.05) is 19.0 Å². The fourth-order valence-electron chi connectivity index (χ4n) is 3.67. The predicted molar refractivity (Wildman–Crippen MR) is 81.8 cm³/mol. The average molecular weight is 358 g/mol. The number of amides is 1. The Hall–Kier alpha value is -1.80. The summed E-state index contributed by atoms with van der Waals surface area (Å²) >= 11 is 0. The SMILES string of the molecule is C[C@H](Nc1nnc([C@H]2C[C@H]2C(F)(F)F)o1)C(=O)N1CCC2(CC1)CC2. The van der Waals surface area contributed by atoms with Crippen LogP contribution in [0.3, 0.4) is 0 Å². The van der Waals surface area contributed by atoms with Gasteiger partial charge in [-0.15, -0.1) is 5.10 Å². The summed E-state index contributed by atoms with van der Waals surface area (Å²) in [4.78, 5) is 14.3. The molecule has 1 aromatic rings. The minimum absolute atomic E-state index is 0.000605. The molecule has 25 heavy (non-hydrogen) atoms. The van der Waals surface area contributed by atoms with Crippen LogP contribution in [0, 0.1) is 11.3 Å². The molecule has 3 atom stereocenters. The van der Waals surface area contributed by atoms with Crippen molar-refractivity contribution in [1.29, 1.82) is 0 Å². The van der Waals surface area contributed by atoms with E-state index in [-0.39, 0.29) is 24.2 Å². The number of nitrogens with one attached hydrogen (secondary N) is 1. The topological polar surface area (TPSA) is 71.3 Å². The number of anilines is 1. The number of alkyl halides is 3. The van der Waals surface area contributed by atoms with E-state index in [9.17, 15) is 18.0 Å². The van der Waals surface area contributed by atoms with Gasteiger partial charge in [0.2, 0.25) is 11.8 Å². The van der Waals surface area contributed by atoms with Crippen LogP contribution in [0.2, 0.25) is 0 Å². The molecule has 0 unspecified atom stereocenters. The van der Waals surface area contributed by atoms with Gasteiger partial charge in [0.25, 0.3) is 0 Å². The Balaban J connectivity index is 1.31. The number of aromatic nitrogens is 2. The number of hydrogen-bond donors (Lipinski definition) is 1. The van der Waals surface area contributed by atoms with Crippen molar-refractivity contribution < 1.29 is 22.4 Å². The molecule has 6 nitrogen and oxygen atoms in total. The number of hydrogen-bond acceptors (Lipinski definition) is 5. The Morgan fingerprint density at radius 1 is 1.28 bits per heavy atom. The van der Waals surface area contributed by atoms with Crippen LogP contribution in [-0.2, 0) is 4.79 Å². The highest BCUT2D eigenvalue weighted by atomic mass is 19.4. The molecule has 3 fully saturated rings. The van der Waals surface area contributed by atoms with Crippen molar-refractivity contribution in [3.63, 3.8) is 0 Å². The predicted octanol–water partition coefficient (Wildman–Crippen LogP) is 2.94. The molecule has 4 rings (SSSR count). The molecule has 1 spiro atoms. The maximum absolute atomic E-state index is 12.6. The van der Waals surface area contributed by atoms with E-state index < -0.39 is 24.1 Å². The minimum atomic E-state index is -4.23. The third-order valence-corrected chi connectivity index (χ3v) is 5.77. The quantitative estimate of drug-likeness (QED) is 0.896. The van der Waals surface area contributed by atoms with Gasteiger partial charge >= 0.3 is 12.2 Å². The summed E-state index contributed by atoms with van der Waals surface area (Å²) in [5, 5.41) is 10.2. The summed E-state index contributed by atoms with van der Waals surface area (Å²) in [5.74, 6) is -2.22. The molecule has 3 aliphatic rings. The van der Waals surface area contributed by atoms with Crippen molar-refractivity contribution in [2.45, 2.75) is 57.2 Å². The molecule has 0 aromatic carbocycles. The second-order valence-corrected chi connectivity index (χ2v) is 7.63. The Morgan fingerprint density at radius 3 is 2.52 bits per heavy atom. The van der Waals surface area contributed by atoms with E-state index in [4.69, 9.17) is 4.42 Å². The highest BCUT2D eigenvalue weighted by Gasteiger charge is 2.58. The molecular weight excluding hydrogens is 337 g/mol. The second kappa shape index (κ2) is 5.60. The number of rotatable bonds is 4. The second-order valence-electron chi connectivity index (χ2n) is 7.63. The summed E-state index contributed by atoms with van der Waals surface area (Å²) in [6.07, 6.45) is 0.396. The number of piperidine rings is 1. The first kappa shape index (κ1) is 16.7. The summed E-state index contributed by atoms with van der Waals surface area (Å²) in [6.45, 7) is 3.22. The molecule has 1 aromatic heterocycles. The first-order chi connectivity index (χ1) is 11.8. The lowest BCUT2D eigenvalue weighted by molar-refractivity contribution is -0.149. The van der Waals surface area contributed by atoms with Gasteiger partial charge < -0.3 is 14.6 Å². The number of halogens is 3. The molecule has 1 aliphatic heterocycles. The van der Waals surface area contributed by atoms with Crippen LogP contribution in [0.15, 0.2) is 4.42 Å². The van der Waals surface area contributed by atoms with Gasteiger partial charge in [-0.1, -0.05) is 5.10 Å². The monoisotopic (exact) mass is 358 g/mol. The van der Waals surface area contributed by atoms with Gasteiger partial charge in [-0.05, 0) is 44.4 Å². The van der Waals surface area contributed by atoms with Crippen LogP contribution in [0.25, 0.3) is 0 Å². The summed E-state index contributed by atoms with van der Waals surface area (Å²) in [7, 11) is 0.